The number of anilines is 1. The summed E-state index contributed by atoms with van der Waals surface area (Å²) in [6, 6.07) is 8.25. The molecule has 1 aliphatic rings. The number of para-hydroxylation sites is 1. The smallest absolute Gasteiger partial charge is 0.459 e. The highest BCUT2D eigenvalue weighted by Gasteiger charge is 2.43. The number of esters is 1. The maximum atomic E-state index is 14.9. The van der Waals surface area contributed by atoms with Crippen LogP contribution in [0.3, 0.4) is 0 Å². The minimum Gasteiger partial charge on any atom is -0.468 e. The van der Waals surface area contributed by atoms with Crippen LogP contribution in [-0.4, -0.2) is 57.0 Å². The molecule has 4 rings (SSSR count). The van der Waals surface area contributed by atoms with Gasteiger partial charge in [-0.1, -0.05) is 18.2 Å². The van der Waals surface area contributed by atoms with E-state index in [0.29, 0.717) is 11.2 Å². The van der Waals surface area contributed by atoms with Crippen molar-refractivity contribution in [3.8, 4) is 5.75 Å². The molecule has 1 fully saturated rings. The van der Waals surface area contributed by atoms with Gasteiger partial charge in [0.15, 0.2) is 11.5 Å². The van der Waals surface area contributed by atoms with Crippen LogP contribution in [0.1, 0.15) is 26.5 Å². The van der Waals surface area contributed by atoms with E-state index in [-0.39, 0.29) is 18.0 Å². The predicted octanol–water partition coefficient (Wildman–Crippen LogP) is 2.78. The van der Waals surface area contributed by atoms with Gasteiger partial charge in [-0.2, -0.15) is 5.09 Å². The molecule has 3 N–H and O–H groups in total. The molecule has 188 valence electrons. The molecule has 12 nitrogen and oxygen atoms in total. The second kappa shape index (κ2) is 9.86. The van der Waals surface area contributed by atoms with Gasteiger partial charge in [0.1, 0.15) is 41.6 Å². The second-order valence-electron chi connectivity index (χ2n) is 8.39. The van der Waals surface area contributed by atoms with Crippen LogP contribution >= 0.6 is 7.75 Å². The van der Waals surface area contributed by atoms with Gasteiger partial charge in [0, 0.05) is 6.42 Å². The zero-order valence-corrected chi connectivity index (χ0v) is 20.2. The number of nitrogen functional groups attached to an aromatic ring is 1. The Bertz CT molecular complexity index is 1240. The van der Waals surface area contributed by atoms with E-state index in [0.717, 1.165) is 0 Å². The van der Waals surface area contributed by atoms with E-state index in [1.807, 2.05) is 0 Å². The second-order valence-corrected chi connectivity index (χ2v) is 10.0. The molecule has 35 heavy (non-hydrogen) atoms. The highest BCUT2D eigenvalue weighted by Crippen LogP contribution is 2.47. The third-order valence-corrected chi connectivity index (χ3v) is 7.12. The van der Waals surface area contributed by atoms with Crippen molar-refractivity contribution in [1.29, 1.82) is 0 Å². The van der Waals surface area contributed by atoms with Crippen molar-refractivity contribution < 1.29 is 32.3 Å². The number of nitrogens with zero attached hydrogens (tertiary/aromatic N) is 4. The molecule has 4 atom stereocenters. The Morgan fingerprint density at radius 2 is 2.06 bits per heavy atom. The maximum Gasteiger partial charge on any atom is 0.459 e. The van der Waals surface area contributed by atoms with E-state index in [9.17, 15) is 13.8 Å². The first-order valence-corrected chi connectivity index (χ1v) is 12.3. The molecule has 3 heterocycles. The fourth-order valence-corrected chi connectivity index (χ4v) is 5.29. The zero-order valence-electron chi connectivity index (χ0n) is 19.3. The molecule has 3 aromatic rings. The first-order chi connectivity index (χ1) is 16.6. The van der Waals surface area contributed by atoms with E-state index in [1.54, 1.807) is 34.9 Å². The lowest BCUT2D eigenvalue weighted by atomic mass is 10.1. The number of hydrogen-bond donors (Lipinski definition) is 2. The van der Waals surface area contributed by atoms with Crippen molar-refractivity contribution in [3.05, 3.63) is 43.0 Å². The summed E-state index contributed by atoms with van der Waals surface area (Å²) < 4.78 is 51.8. The molecule has 0 saturated carbocycles. The molecular weight excluding hydrogens is 482 g/mol. The number of methoxy groups -OCH3 is 1. The lowest BCUT2D eigenvalue weighted by Crippen LogP contribution is -2.46. The van der Waals surface area contributed by atoms with E-state index in [4.69, 9.17) is 24.3 Å². The van der Waals surface area contributed by atoms with Gasteiger partial charge in [-0.15, -0.1) is 0 Å². The first-order valence-electron chi connectivity index (χ1n) is 10.7. The number of carbonyl (C=O) groups excluding carboxylic acids is 1. The summed E-state index contributed by atoms with van der Waals surface area (Å²) in [6.07, 6.45) is -0.562. The fourth-order valence-electron chi connectivity index (χ4n) is 3.61. The monoisotopic (exact) mass is 508 g/mol. The Balaban J connectivity index is 1.50. The zero-order chi connectivity index (χ0) is 25.2. The van der Waals surface area contributed by atoms with Gasteiger partial charge in [-0.25, -0.2) is 23.9 Å². The van der Waals surface area contributed by atoms with Crippen molar-refractivity contribution in [1.82, 2.24) is 24.6 Å². The van der Waals surface area contributed by atoms with Gasteiger partial charge in [0.2, 0.25) is 0 Å². The van der Waals surface area contributed by atoms with E-state index >= 15 is 0 Å². The number of halogens is 1. The number of imidazole rings is 1. The molecule has 2 unspecified atom stereocenters. The summed E-state index contributed by atoms with van der Waals surface area (Å²) in [5.74, 6) is -0.262. The van der Waals surface area contributed by atoms with Gasteiger partial charge in [-0.3, -0.25) is 13.9 Å². The topological polar surface area (TPSA) is 153 Å². The lowest BCUT2D eigenvalue weighted by Gasteiger charge is -2.29. The molecule has 0 amide bonds. The van der Waals surface area contributed by atoms with Crippen LogP contribution in [-0.2, 0) is 23.4 Å². The Hall–Kier alpha value is -3.12. The Morgan fingerprint density at radius 3 is 2.77 bits per heavy atom. The SMILES string of the molecule is COC(=O)C(C)(C)NP(=O)(OC[C@H]1O[C@@H](n2cnc3c(N)ncnc32)CC1F)Oc1ccccc1. The van der Waals surface area contributed by atoms with Crippen molar-refractivity contribution in [2.45, 2.75) is 44.3 Å². The Labute approximate surface area is 200 Å². The molecule has 0 spiro atoms. The van der Waals surface area contributed by atoms with Crippen LogP contribution in [0, 0.1) is 0 Å². The average Bonchev–Trinajstić information content (AvgIpc) is 3.41. The van der Waals surface area contributed by atoms with E-state index < -0.39 is 44.4 Å². The first kappa shape index (κ1) is 25.0. The number of alkyl halides is 1. The summed E-state index contributed by atoms with van der Waals surface area (Å²) in [7, 11) is -2.99. The van der Waals surface area contributed by atoms with Gasteiger partial charge in [0.05, 0.1) is 20.0 Å². The number of benzene rings is 1. The van der Waals surface area contributed by atoms with E-state index in [2.05, 4.69) is 20.0 Å². The summed E-state index contributed by atoms with van der Waals surface area (Å²) in [5.41, 5.74) is 5.16. The number of hydrogen-bond acceptors (Lipinski definition) is 10. The normalized spacial score (nSPS) is 22.1. The van der Waals surface area contributed by atoms with Crippen LogP contribution in [0.5, 0.6) is 5.75 Å². The molecular formula is C21H26FN6O6P. The minimum atomic E-state index is -4.19. The van der Waals surface area contributed by atoms with Crippen LogP contribution < -0.4 is 15.3 Å². The Kier molecular flexibility index (Phi) is 7.04. The molecule has 0 radical (unpaired) electrons. The van der Waals surface area contributed by atoms with Gasteiger partial charge >= 0.3 is 13.7 Å². The molecule has 1 aromatic carbocycles. The standard InChI is InChI=1S/C21H26FN6O6P/c1-21(2,20(29)31-3)27-35(30,34-13-7-5-4-6-8-13)32-10-15-14(22)9-16(33-15)28-12-26-17-18(23)24-11-25-19(17)28/h4-8,11-12,14-16H,9-10H2,1-3H3,(H,27,30)(H2,23,24,25)/t14?,15-,16-,35?/m1/s1. The number of ether oxygens (including phenoxy) is 2. The van der Waals surface area contributed by atoms with Gasteiger partial charge < -0.3 is 19.7 Å². The predicted molar refractivity (Wildman–Crippen MR) is 123 cm³/mol. The van der Waals surface area contributed by atoms with Crippen LogP contribution in [0.4, 0.5) is 10.2 Å². The van der Waals surface area contributed by atoms with Gasteiger partial charge in [0.25, 0.3) is 0 Å². The number of aromatic nitrogens is 4. The van der Waals surface area contributed by atoms with Gasteiger partial charge in [-0.05, 0) is 26.0 Å². The van der Waals surface area contributed by atoms with Crippen molar-refractivity contribution in [2.24, 2.45) is 0 Å². The molecule has 2 aromatic heterocycles. The number of nitrogens with one attached hydrogen (secondary N) is 1. The highest BCUT2D eigenvalue weighted by atomic mass is 31.2. The number of fused-ring (bicyclic) bond motifs is 1. The van der Waals surface area contributed by atoms with Crippen molar-refractivity contribution >= 4 is 30.7 Å². The summed E-state index contributed by atoms with van der Waals surface area (Å²) in [5, 5.41) is 2.59. The minimum absolute atomic E-state index is 0.0195. The largest absolute Gasteiger partial charge is 0.468 e. The lowest BCUT2D eigenvalue weighted by molar-refractivity contribution is -0.146. The highest BCUT2D eigenvalue weighted by molar-refractivity contribution is 7.52. The van der Waals surface area contributed by atoms with Crippen molar-refractivity contribution in [2.75, 3.05) is 19.5 Å². The molecule has 0 aliphatic carbocycles. The fraction of sp³-hybridized carbons (Fsp3) is 0.429. The molecule has 1 saturated heterocycles. The number of rotatable bonds is 9. The number of nitrogens with two attached hydrogens (primary N) is 1. The summed E-state index contributed by atoms with van der Waals surface area (Å²) in [4.78, 5) is 24.4. The average molecular weight is 508 g/mol. The molecule has 14 heteroatoms. The quantitative estimate of drug-likeness (QED) is 0.324. The Morgan fingerprint density at radius 1 is 1.31 bits per heavy atom. The molecule has 0 bridgehead atoms. The summed E-state index contributed by atoms with van der Waals surface area (Å²) >= 11 is 0. The van der Waals surface area contributed by atoms with Crippen molar-refractivity contribution in [3.63, 3.8) is 0 Å². The van der Waals surface area contributed by atoms with E-state index in [1.165, 1.54) is 33.6 Å². The third-order valence-electron chi connectivity index (χ3n) is 5.35. The van der Waals surface area contributed by atoms with Crippen LogP contribution in [0.2, 0.25) is 0 Å². The number of carbonyl (C=O) groups is 1. The van der Waals surface area contributed by atoms with Crippen LogP contribution in [0.25, 0.3) is 11.2 Å². The summed E-state index contributed by atoms with van der Waals surface area (Å²) in [6.45, 7) is 2.50. The van der Waals surface area contributed by atoms with Crippen LogP contribution in [0.15, 0.2) is 43.0 Å². The maximum absolute atomic E-state index is 14.9. The third kappa shape index (κ3) is 5.43. The molecule has 1 aliphatic heterocycles.